The highest BCUT2D eigenvalue weighted by Gasteiger charge is 2.21. The molecule has 0 aliphatic rings. The van der Waals surface area contributed by atoms with Crippen molar-refractivity contribution in [2.24, 2.45) is 5.10 Å². The summed E-state index contributed by atoms with van der Waals surface area (Å²) in [7, 11) is 0. The fourth-order valence-electron chi connectivity index (χ4n) is 3.30. The minimum atomic E-state index is 0.113. The molecule has 1 aromatic heterocycles. The molecule has 0 saturated heterocycles. The van der Waals surface area contributed by atoms with E-state index in [1.807, 2.05) is 26.8 Å². The van der Waals surface area contributed by atoms with Gasteiger partial charge in [0, 0.05) is 6.07 Å². The van der Waals surface area contributed by atoms with Gasteiger partial charge in [-0.2, -0.15) is 5.10 Å². The van der Waals surface area contributed by atoms with Crippen LogP contribution in [0.25, 0.3) is 10.9 Å². The van der Waals surface area contributed by atoms with Gasteiger partial charge in [-0.05, 0) is 37.3 Å². The van der Waals surface area contributed by atoms with E-state index in [4.69, 9.17) is 14.2 Å². The number of anilines is 1. The Bertz CT molecular complexity index is 1070. The number of ether oxygens (including phenoxy) is 3. The zero-order valence-electron chi connectivity index (χ0n) is 19.7. The van der Waals surface area contributed by atoms with Crippen molar-refractivity contribution in [3.8, 4) is 17.2 Å². The lowest BCUT2D eigenvalue weighted by Gasteiger charge is -2.18. The number of hydrazone groups is 1. The number of hydrogen-bond acceptors (Lipinski definition) is 7. The van der Waals surface area contributed by atoms with Crippen LogP contribution in [0.5, 0.6) is 17.2 Å². The van der Waals surface area contributed by atoms with Crippen molar-refractivity contribution in [3.63, 3.8) is 0 Å². The van der Waals surface area contributed by atoms with E-state index in [0.29, 0.717) is 53.8 Å². The second kappa shape index (κ2) is 10.3. The Morgan fingerprint density at radius 3 is 2.19 bits per heavy atom. The second-order valence-electron chi connectivity index (χ2n) is 8.19. The van der Waals surface area contributed by atoms with Crippen molar-refractivity contribution in [1.82, 2.24) is 9.97 Å². The molecule has 7 heteroatoms. The summed E-state index contributed by atoms with van der Waals surface area (Å²) in [5, 5.41) is 5.09. The van der Waals surface area contributed by atoms with Crippen molar-refractivity contribution in [3.05, 3.63) is 47.8 Å². The first kappa shape index (κ1) is 23.3. The van der Waals surface area contributed by atoms with Gasteiger partial charge in [0.15, 0.2) is 17.3 Å². The summed E-state index contributed by atoms with van der Waals surface area (Å²) in [5.74, 6) is 2.22. The van der Waals surface area contributed by atoms with Crippen LogP contribution < -0.4 is 19.6 Å². The number of fused-ring (bicyclic) bond motifs is 1. The highest BCUT2D eigenvalue weighted by atomic mass is 16.5. The van der Waals surface area contributed by atoms with Crippen LogP contribution in [0.1, 0.15) is 52.7 Å². The summed E-state index contributed by atoms with van der Waals surface area (Å²) in [4.78, 5) is 8.80. The van der Waals surface area contributed by atoms with Crippen LogP contribution in [0.3, 0.4) is 0 Å². The minimum Gasteiger partial charge on any atom is -0.490 e. The molecule has 170 valence electrons. The van der Waals surface area contributed by atoms with E-state index in [0.717, 1.165) is 5.56 Å². The van der Waals surface area contributed by atoms with Gasteiger partial charge in [0.2, 0.25) is 5.75 Å². The number of nitrogens with one attached hydrogen (secondary N) is 1. The molecule has 3 aromatic rings. The van der Waals surface area contributed by atoms with Crippen LogP contribution in [0, 0.1) is 0 Å². The molecule has 2 aromatic carbocycles. The molecule has 0 spiro atoms. The number of nitrogens with zero attached hydrogens (tertiary/aromatic N) is 3. The monoisotopic (exact) mass is 436 g/mol. The molecule has 1 heterocycles. The zero-order chi connectivity index (χ0) is 23.1. The Kier molecular flexibility index (Phi) is 7.51. The van der Waals surface area contributed by atoms with E-state index >= 15 is 0 Å². The van der Waals surface area contributed by atoms with Crippen LogP contribution in [0.15, 0.2) is 41.8 Å². The van der Waals surface area contributed by atoms with Crippen LogP contribution in [0.4, 0.5) is 5.82 Å². The summed E-state index contributed by atoms with van der Waals surface area (Å²) >= 11 is 0. The zero-order valence-corrected chi connectivity index (χ0v) is 19.7. The summed E-state index contributed by atoms with van der Waals surface area (Å²) in [6.45, 7) is 13.8. The first-order valence-corrected chi connectivity index (χ1v) is 11.0. The highest BCUT2D eigenvalue weighted by molar-refractivity contribution is 5.98. The van der Waals surface area contributed by atoms with Crippen LogP contribution in [-0.4, -0.2) is 36.0 Å². The van der Waals surface area contributed by atoms with Gasteiger partial charge in [-0.3, -0.25) is 5.43 Å². The predicted molar refractivity (Wildman–Crippen MR) is 129 cm³/mol. The smallest absolute Gasteiger partial charge is 0.204 e. The van der Waals surface area contributed by atoms with E-state index < -0.39 is 0 Å². The normalized spacial score (nSPS) is 11.7. The number of aromatic nitrogens is 2. The second-order valence-corrected chi connectivity index (χ2v) is 8.19. The molecule has 0 radical (unpaired) electrons. The summed E-state index contributed by atoms with van der Waals surface area (Å²) in [6.07, 6.45) is 3.25. The molecule has 1 N–H and O–H groups in total. The van der Waals surface area contributed by atoms with Crippen molar-refractivity contribution in [1.29, 1.82) is 0 Å². The molecule has 0 fully saturated rings. The third-order valence-electron chi connectivity index (χ3n) is 4.84. The third-order valence-corrected chi connectivity index (χ3v) is 4.84. The lowest BCUT2D eigenvalue weighted by molar-refractivity contribution is 0.263. The maximum Gasteiger partial charge on any atom is 0.204 e. The first-order valence-electron chi connectivity index (χ1n) is 11.0. The van der Waals surface area contributed by atoms with Crippen LogP contribution in [-0.2, 0) is 5.41 Å². The Hall–Kier alpha value is -3.35. The number of benzene rings is 2. The lowest BCUT2D eigenvalue weighted by Crippen LogP contribution is -2.10. The van der Waals surface area contributed by atoms with Gasteiger partial charge in [-0.15, -0.1) is 0 Å². The predicted octanol–water partition coefficient (Wildman–Crippen LogP) is 5.57. The molecular weight excluding hydrogens is 404 g/mol. The van der Waals surface area contributed by atoms with E-state index in [9.17, 15) is 0 Å². The van der Waals surface area contributed by atoms with E-state index in [-0.39, 0.29) is 5.41 Å². The quantitative estimate of drug-likeness (QED) is 0.349. The van der Waals surface area contributed by atoms with Gasteiger partial charge in [0.25, 0.3) is 0 Å². The fourth-order valence-corrected chi connectivity index (χ4v) is 3.30. The molecule has 0 aliphatic carbocycles. The molecule has 0 unspecified atom stereocenters. The van der Waals surface area contributed by atoms with Crippen LogP contribution in [0.2, 0.25) is 0 Å². The maximum atomic E-state index is 5.96. The van der Waals surface area contributed by atoms with Gasteiger partial charge >= 0.3 is 0 Å². The molecule has 0 bridgehead atoms. The van der Waals surface area contributed by atoms with E-state index in [2.05, 4.69) is 65.5 Å². The molecule has 0 saturated carbocycles. The van der Waals surface area contributed by atoms with Crippen LogP contribution >= 0.6 is 0 Å². The molecular formula is C25H32N4O3. The average molecular weight is 437 g/mol. The Morgan fingerprint density at radius 2 is 1.56 bits per heavy atom. The molecule has 32 heavy (non-hydrogen) atoms. The SMILES string of the molecule is CCOc1cc2ncnc(N/N=C/c3ccc(C(C)(C)C)cc3)c2c(OCC)c1OCC. The first-order chi connectivity index (χ1) is 15.4. The number of hydrogen-bond donors (Lipinski definition) is 1. The number of rotatable bonds is 9. The minimum absolute atomic E-state index is 0.113. The maximum absolute atomic E-state index is 5.96. The van der Waals surface area contributed by atoms with E-state index in [1.54, 1.807) is 6.21 Å². The summed E-state index contributed by atoms with van der Waals surface area (Å²) in [6, 6.07) is 10.2. The van der Waals surface area contributed by atoms with Gasteiger partial charge in [0.1, 0.15) is 6.33 Å². The van der Waals surface area contributed by atoms with Crippen molar-refractivity contribution >= 4 is 22.9 Å². The van der Waals surface area contributed by atoms with Crippen molar-refractivity contribution in [2.75, 3.05) is 25.2 Å². The molecule has 0 amide bonds. The van der Waals surface area contributed by atoms with E-state index in [1.165, 1.54) is 11.9 Å². The Morgan fingerprint density at radius 1 is 0.906 bits per heavy atom. The fraction of sp³-hybridized carbons (Fsp3) is 0.400. The van der Waals surface area contributed by atoms with Gasteiger partial charge in [-0.1, -0.05) is 45.0 Å². The largest absolute Gasteiger partial charge is 0.490 e. The lowest BCUT2D eigenvalue weighted by atomic mass is 9.87. The highest BCUT2D eigenvalue weighted by Crippen LogP contribution is 2.45. The molecule has 7 nitrogen and oxygen atoms in total. The van der Waals surface area contributed by atoms with Gasteiger partial charge in [-0.25, -0.2) is 9.97 Å². The Labute approximate surface area is 189 Å². The molecule has 3 rings (SSSR count). The molecule has 0 aliphatic heterocycles. The van der Waals surface area contributed by atoms with Crippen molar-refractivity contribution < 1.29 is 14.2 Å². The van der Waals surface area contributed by atoms with Gasteiger partial charge < -0.3 is 14.2 Å². The Balaban J connectivity index is 1.97. The van der Waals surface area contributed by atoms with Crippen molar-refractivity contribution in [2.45, 2.75) is 47.0 Å². The summed E-state index contributed by atoms with van der Waals surface area (Å²) in [5.41, 5.74) is 6.10. The third kappa shape index (κ3) is 5.28. The topological polar surface area (TPSA) is 77.9 Å². The molecule has 0 atom stereocenters. The summed E-state index contributed by atoms with van der Waals surface area (Å²) < 4.78 is 17.6. The van der Waals surface area contributed by atoms with Gasteiger partial charge in [0.05, 0.1) is 36.9 Å². The standard InChI is InChI=1S/C25H32N4O3/c1-7-30-20-14-19-21(23(32-9-3)22(20)31-8-2)24(27-16-26-19)29-28-15-17-10-12-18(13-11-17)25(4,5)6/h10-16H,7-9H2,1-6H3,(H,26,27,29)/b28-15+. The average Bonchev–Trinajstić information content (AvgIpc) is 2.76.